The molecule has 1 aliphatic carbocycles. The third-order valence-corrected chi connectivity index (χ3v) is 15.6. The quantitative estimate of drug-likeness (QED) is 0.166. The van der Waals surface area contributed by atoms with Gasteiger partial charge in [0.15, 0.2) is 0 Å². The molecule has 6 aromatic carbocycles. The number of benzene rings is 6. The average molecular weight is 827 g/mol. The molecule has 0 saturated heterocycles. The van der Waals surface area contributed by atoms with Crippen LogP contribution in [0.15, 0.2) is 109 Å². The first kappa shape index (κ1) is 41.3. The molecule has 4 nitrogen and oxygen atoms in total. The highest BCUT2D eigenvalue weighted by molar-refractivity contribution is 7.00. The van der Waals surface area contributed by atoms with Crippen molar-refractivity contribution in [2.24, 2.45) is 0 Å². The first-order valence-corrected chi connectivity index (χ1v) is 23.2. The second-order valence-corrected chi connectivity index (χ2v) is 22.8. The molecule has 63 heavy (non-hydrogen) atoms. The summed E-state index contributed by atoms with van der Waals surface area (Å²) < 4.78 is 0. The lowest BCUT2D eigenvalue weighted by atomic mass is 9.33. The van der Waals surface area contributed by atoms with Gasteiger partial charge in [0.05, 0.1) is 17.2 Å². The zero-order valence-corrected chi connectivity index (χ0v) is 39.9. The molecule has 5 heteroatoms. The van der Waals surface area contributed by atoms with Crippen LogP contribution in [0, 0.1) is 25.2 Å². The summed E-state index contributed by atoms with van der Waals surface area (Å²) in [4.78, 5) is 7.80. The van der Waals surface area contributed by atoms with Crippen molar-refractivity contribution in [1.82, 2.24) is 0 Å². The summed E-state index contributed by atoms with van der Waals surface area (Å²) in [6.07, 6.45) is 3.37. The van der Waals surface area contributed by atoms with E-state index in [0.717, 1.165) is 30.5 Å². The van der Waals surface area contributed by atoms with Gasteiger partial charge in [0.1, 0.15) is 0 Å². The van der Waals surface area contributed by atoms with Crippen molar-refractivity contribution in [3.8, 4) is 6.07 Å². The Bertz CT molecular complexity index is 2910. The Balaban J connectivity index is 1.26. The Morgan fingerprint density at radius 2 is 1.13 bits per heavy atom. The van der Waals surface area contributed by atoms with Crippen molar-refractivity contribution in [3.63, 3.8) is 0 Å². The van der Waals surface area contributed by atoms with Crippen molar-refractivity contribution < 1.29 is 0 Å². The summed E-state index contributed by atoms with van der Waals surface area (Å²) in [6, 6.07) is 44.9. The van der Waals surface area contributed by atoms with Crippen LogP contribution in [0.1, 0.15) is 134 Å². The number of nitrogens with zero attached hydrogens (tertiary/aromatic N) is 4. The highest BCUT2D eigenvalue weighted by Gasteiger charge is 2.59. The SMILES string of the molecule is Cc1cc2c3c(c1)N(c1ccc(C(C)(C)C)cc1C)c1ccc(C(C)(C)C)cc1B3c1ccc(N3c4ccc(C#N)cc4C4(C)CCCC34C)cc1N2c1ccc(C(C)(C)C)cc1. The summed E-state index contributed by atoms with van der Waals surface area (Å²) >= 11 is 0. The Kier molecular flexibility index (Phi) is 8.94. The van der Waals surface area contributed by atoms with Crippen molar-refractivity contribution in [3.05, 3.63) is 148 Å². The second kappa shape index (κ2) is 13.6. The largest absolute Gasteiger partial charge is 0.334 e. The molecule has 1 saturated carbocycles. The van der Waals surface area contributed by atoms with Crippen molar-refractivity contribution >= 4 is 68.6 Å². The molecule has 0 radical (unpaired) electrons. The fraction of sp³-hybridized carbons (Fsp3) is 0.362. The van der Waals surface area contributed by atoms with E-state index < -0.39 is 0 Å². The molecule has 2 atom stereocenters. The highest BCUT2D eigenvalue weighted by atomic mass is 15.3. The van der Waals surface area contributed by atoms with Crippen LogP contribution in [0.5, 0.6) is 0 Å². The molecule has 3 aliphatic heterocycles. The number of rotatable bonds is 3. The van der Waals surface area contributed by atoms with Crippen molar-refractivity contribution in [2.75, 3.05) is 14.7 Å². The lowest BCUT2D eigenvalue weighted by Gasteiger charge is -2.46. The molecule has 6 aromatic rings. The maximum Gasteiger partial charge on any atom is 0.252 e. The van der Waals surface area contributed by atoms with Crippen LogP contribution in [0.4, 0.5) is 45.5 Å². The maximum atomic E-state index is 10.0. The van der Waals surface area contributed by atoms with Gasteiger partial charge in [-0.3, -0.25) is 0 Å². The monoisotopic (exact) mass is 827 g/mol. The van der Waals surface area contributed by atoms with Crippen molar-refractivity contribution in [1.29, 1.82) is 5.26 Å². The van der Waals surface area contributed by atoms with E-state index in [1.165, 1.54) is 89.6 Å². The van der Waals surface area contributed by atoms with Crippen LogP contribution < -0.4 is 31.1 Å². The van der Waals surface area contributed by atoms with E-state index in [9.17, 15) is 5.26 Å². The Morgan fingerprint density at radius 1 is 0.540 bits per heavy atom. The number of anilines is 8. The van der Waals surface area contributed by atoms with E-state index in [1.54, 1.807) is 0 Å². The van der Waals surface area contributed by atoms with E-state index in [1.807, 2.05) is 6.07 Å². The first-order valence-electron chi connectivity index (χ1n) is 23.2. The molecule has 1 fully saturated rings. The smallest absolute Gasteiger partial charge is 0.252 e. The molecule has 3 heterocycles. The maximum absolute atomic E-state index is 10.0. The number of aryl methyl sites for hydroxylation is 2. The van der Waals surface area contributed by atoms with E-state index >= 15 is 0 Å². The van der Waals surface area contributed by atoms with Crippen LogP contribution in [0.2, 0.25) is 0 Å². The zero-order valence-electron chi connectivity index (χ0n) is 39.9. The fourth-order valence-corrected chi connectivity index (χ4v) is 11.8. The highest BCUT2D eigenvalue weighted by Crippen LogP contribution is 2.62. The third-order valence-electron chi connectivity index (χ3n) is 15.6. The topological polar surface area (TPSA) is 33.5 Å². The van der Waals surface area contributed by atoms with Gasteiger partial charge < -0.3 is 14.7 Å². The van der Waals surface area contributed by atoms with E-state index in [-0.39, 0.29) is 33.9 Å². The van der Waals surface area contributed by atoms with Crippen LogP contribution in [0.25, 0.3) is 0 Å². The molecule has 4 aliphatic rings. The van der Waals surface area contributed by atoms with E-state index in [0.29, 0.717) is 0 Å². The molecule has 318 valence electrons. The van der Waals surface area contributed by atoms with Crippen LogP contribution in [-0.4, -0.2) is 12.3 Å². The standard InChI is InChI=1S/C58H63BN4/c1-36-29-51-53-52(30-36)62(47-25-18-40(31-37(47)2)55(6,7)8)49-26-19-41(56(9,10)11)33-46(49)59(53)45-23-22-43(34-50(45)61(51)42-20-16-39(17-21-42)54(3,4)5)63-48-24-15-38(35-60)32-44(48)57(12)27-14-28-58(57,63)13/h15-26,29-34H,14,27-28H2,1-13H3. The minimum atomic E-state index is -0.132. The molecule has 0 aromatic heterocycles. The van der Waals surface area contributed by atoms with Crippen LogP contribution >= 0.6 is 0 Å². The molecule has 0 bridgehead atoms. The Hall–Kier alpha value is -5.73. The van der Waals surface area contributed by atoms with Crippen LogP contribution in [0.3, 0.4) is 0 Å². The number of hydrogen-bond donors (Lipinski definition) is 0. The molecule has 0 amide bonds. The normalized spacial score (nSPS) is 19.9. The lowest BCUT2D eigenvalue weighted by Crippen LogP contribution is -2.61. The fourth-order valence-electron chi connectivity index (χ4n) is 11.8. The first-order chi connectivity index (χ1) is 29.6. The molecule has 0 N–H and O–H groups in total. The number of fused-ring (bicyclic) bond motifs is 7. The molecule has 0 spiro atoms. The van der Waals surface area contributed by atoms with Gasteiger partial charge in [-0.05, 0) is 166 Å². The molecular weight excluding hydrogens is 763 g/mol. The predicted octanol–water partition coefficient (Wildman–Crippen LogP) is 13.5. The Labute approximate surface area is 377 Å². The lowest BCUT2D eigenvalue weighted by molar-refractivity contribution is 0.330. The molecule has 2 unspecified atom stereocenters. The Morgan fingerprint density at radius 3 is 1.76 bits per heavy atom. The summed E-state index contributed by atoms with van der Waals surface area (Å²) in [7, 11) is 0. The summed E-state index contributed by atoms with van der Waals surface area (Å²) in [5.74, 6) is 0. The van der Waals surface area contributed by atoms with Gasteiger partial charge in [0.2, 0.25) is 0 Å². The van der Waals surface area contributed by atoms with Crippen molar-refractivity contribution in [2.45, 2.75) is 136 Å². The van der Waals surface area contributed by atoms with Gasteiger partial charge in [0, 0.05) is 50.9 Å². The van der Waals surface area contributed by atoms with Gasteiger partial charge in [0.25, 0.3) is 6.71 Å². The summed E-state index contributed by atoms with van der Waals surface area (Å²) in [5.41, 5.74) is 22.2. The molecule has 10 rings (SSSR count). The predicted molar refractivity (Wildman–Crippen MR) is 269 cm³/mol. The second-order valence-electron chi connectivity index (χ2n) is 22.8. The minimum absolute atomic E-state index is 0.0174. The number of hydrogen-bond acceptors (Lipinski definition) is 4. The third kappa shape index (κ3) is 6.07. The van der Waals surface area contributed by atoms with Gasteiger partial charge in [-0.1, -0.05) is 118 Å². The van der Waals surface area contributed by atoms with Gasteiger partial charge >= 0.3 is 0 Å². The van der Waals surface area contributed by atoms with E-state index in [4.69, 9.17) is 0 Å². The average Bonchev–Trinajstić information content (AvgIpc) is 3.62. The van der Waals surface area contributed by atoms with Crippen LogP contribution in [-0.2, 0) is 21.7 Å². The number of nitriles is 1. The summed E-state index contributed by atoms with van der Waals surface area (Å²) in [5, 5.41) is 10.0. The summed E-state index contributed by atoms with van der Waals surface area (Å²) in [6.45, 7) is 30.3. The molecular formula is C58H63BN4. The van der Waals surface area contributed by atoms with Gasteiger partial charge in [-0.25, -0.2) is 0 Å². The van der Waals surface area contributed by atoms with E-state index in [2.05, 4.69) is 214 Å². The van der Waals surface area contributed by atoms with Gasteiger partial charge in [-0.15, -0.1) is 0 Å². The van der Waals surface area contributed by atoms with Gasteiger partial charge in [-0.2, -0.15) is 5.26 Å². The zero-order chi connectivity index (χ0) is 44.8. The minimum Gasteiger partial charge on any atom is -0.334 e.